The Balaban J connectivity index is 2.30. The van der Waals surface area contributed by atoms with Gasteiger partial charge in [-0.3, -0.25) is 4.98 Å². The molecule has 1 aliphatic carbocycles. The van der Waals surface area contributed by atoms with E-state index < -0.39 is 0 Å². The third kappa shape index (κ3) is 1.92. The SMILES string of the molecule is ClCC1CC1c1c(Br)cncc1Br. The van der Waals surface area contributed by atoms with Gasteiger partial charge in [0.2, 0.25) is 0 Å². The minimum absolute atomic E-state index is 0.615. The van der Waals surface area contributed by atoms with E-state index in [4.69, 9.17) is 11.6 Å². The Bertz CT molecular complexity index is 309. The van der Waals surface area contributed by atoms with Crippen molar-refractivity contribution in [2.24, 2.45) is 5.92 Å². The van der Waals surface area contributed by atoms with E-state index in [0.29, 0.717) is 11.8 Å². The van der Waals surface area contributed by atoms with Gasteiger partial charge >= 0.3 is 0 Å². The van der Waals surface area contributed by atoms with Crippen molar-refractivity contribution < 1.29 is 0 Å². The normalized spacial score (nSPS) is 26.1. The smallest absolute Gasteiger partial charge is 0.0413 e. The summed E-state index contributed by atoms with van der Waals surface area (Å²) < 4.78 is 2.17. The lowest BCUT2D eigenvalue weighted by molar-refractivity contribution is 0.912. The number of rotatable bonds is 2. The number of pyridine rings is 1. The molecule has 2 unspecified atom stereocenters. The van der Waals surface area contributed by atoms with Crippen LogP contribution in [0.4, 0.5) is 0 Å². The lowest BCUT2D eigenvalue weighted by Crippen LogP contribution is -1.89. The van der Waals surface area contributed by atoms with Crippen molar-refractivity contribution in [3.05, 3.63) is 26.9 Å². The van der Waals surface area contributed by atoms with Gasteiger partial charge in [0, 0.05) is 27.2 Å². The average Bonchev–Trinajstić information content (AvgIpc) is 2.83. The Labute approximate surface area is 99.1 Å². The first-order valence-corrected chi connectivity index (χ1v) is 6.21. The van der Waals surface area contributed by atoms with Crippen LogP contribution in [-0.4, -0.2) is 10.9 Å². The van der Waals surface area contributed by atoms with Crippen molar-refractivity contribution in [1.29, 1.82) is 0 Å². The second-order valence-electron chi connectivity index (χ2n) is 3.27. The topological polar surface area (TPSA) is 12.9 Å². The fourth-order valence-corrected chi connectivity index (χ4v) is 3.41. The summed E-state index contributed by atoms with van der Waals surface area (Å²) in [7, 11) is 0. The van der Waals surface area contributed by atoms with Gasteiger partial charge in [-0.25, -0.2) is 0 Å². The van der Waals surface area contributed by atoms with E-state index >= 15 is 0 Å². The number of alkyl halides is 1. The van der Waals surface area contributed by atoms with Crippen molar-refractivity contribution in [2.45, 2.75) is 12.3 Å². The molecule has 70 valence electrons. The van der Waals surface area contributed by atoms with Crippen LogP contribution in [0.5, 0.6) is 0 Å². The van der Waals surface area contributed by atoms with Crippen LogP contribution < -0.4 is 0 Å². The largest absolute Gasteiger partial charge is 0.262 e. The molecule has 13 heavy (non-hydrogen) atoms. The molecule has 0 amide bonds. The number of nitrogens with zero attached hydrogens (tertiary/aromatic N) is 1. The fourth-order valence-electron chi connectivity index (χ4n) is 1.55. The van der Waals surface area contributed by atoms with E-state index in [2.05, 4.69) is 36.8 Å². The zero-order chi connectivity index (χ0) is 9.42. The van der Waals surface area contributed by atoms with Gasteiger partial charge in [0.25, 0.3) is 0 Å². The first-order chi connectivity index (χ1) is 6.24. The van der Waals surface area contributed by atoms with E-state index in [1.165, 1.54) is 12.0 Å². The standard InChI is InChI=1S/C9H8Br2ClN/c10-7-3-13-4-8(11)9(7)6-1-5(6)2-12/h3-6H,1-2H2. The Hall–Kier alpha value is 0.400. The lowest BCUT2D eigenvalue weighted by Gasteiger charge is -2.04. The Kier molecular flexibility index (Phi) is 2.96. The van der Waals surface area contributed by atoms with Crippen LogP contribution in [0.3, 0.4) is 0 Å². The summed E-state index contributed by atoms with van der Waals surface area (Å²) in [6.45, 7) is 0. The molecule has 1 aliphatic rings. The summed E-state index contributed by atoms with van der Waals surface area (Å²) in [5.41, 5.74) is 1.32. The number of hydrogen-bond donors (Lipinski definition) is 0. The molecule has 1 aromatic heterocycles. The monoisotopic (exact) mass is 323 g/mol. The van der Waals surface area contributed by atoms with Crippen LogP contribution in [0.1, 0.15) is 17.9 Å². The highest BCUT2D eigenvalue weighted by Gasteiger charge is 2.39. The Morgan fingerprint density at radius 1 is 1.38 bits per heavy atom. The Morgan fingerprint density at radius 2 is 2.00 bits per heavy atom. The van der Waals surface area contributed by atoms with Crippen molar-refractivity contribution in [2.75, 3.05) is 5.88 Å². The van der Waals surface area contributed by atoms with Gasteiger partial charge in [0.1, 0.15) is 0 Å². The maximum absolute atomic E-state index is 5.80. The quantitative estimate of drug-likeness (QED) is 0.750. The molecule has 1 heterocycles. The van der Waals surface area contributed by atoms with E-state index in [-0.39, 0.29) is 0 Å². The number of halogens is 3. The third-order valence-corrected chi connectivity index (χ3v) is 4.04. The summed E-state index contributed by atoms with van der Waals surface area (Å²) in [5.74, 6) is 2.02. The first kappa shape index (κ1) is 9.94. The molecule has 0 N–H and O–H groups in total. The van der Waals surface area contributed by atoms with E-state index in [1.54, 1.807) is 0 Å². The summed E-state index contributed by atoms with van der Waals surface area (Å²) in [4.78, 5) is 4.08. The van der Waals surface area contributed by atoms with Gasteiger partial charge in [0.15, 0.2) is 0 Å². The van der Waals surface area contributed by atoms with Crippen molar-refractivity contribution in [1.82, 2.24) is 4.98 Å². The first-order valence-electron chi connectivity index (χ1n) is 4.09. The van der Waals surface area contributed by atoms with Gasteiger partial charge in [-0.1, -0.05) is 0 Å². The number of aromatic nitrogens is 1. The molecule has 0 aliphatic heterocycles. The van der Waals surface area contributed by atoms with E-state index in [9.17, 15) is 0 Å². The molecule has 1 aromatic rings. The summed E-state index contributed by atoms with van der Waals surface area (Å²) in [6, 6.07) is 0. The zero-order valence-corrected chi connectivity index (χ0v) is 10.7. The second-order valence-corrected chi connectivity index (χ2v) is 5.29. The number of hydrogen-bond acceptors (Lipinski definition) is 1. The maximum Gasteiger partial charge on any atom is 0.0413 e. The molecule has 2 rings (SSSR count). The van der Waals surface area contributed by atoms with E-state index in [0.717, 1.165) is 14.8 Å². The lowest BCUT2D eigenvalue weighted by atomic mass is 10.1. The van der Waals surface area contributed by atoms with Crippen LogP contribution in [0, 0.1) is 5.92 Å². The highest BCUT2D eigenvalue weighted by molar-refractivity contribution is 9.11. The van der Waals surface area contributed by atoms with Gasteiger partial charge in [-0.05, 0) is 55.7 Å². The molecule has 0 bridgehead atoms. The molecule has 2 atom stereocenters. The highest BCUT2D eigenvalue weighted by Crippen LogP contribution is 2.51. The molecule has 4 heteroatoms. The molecule has 0 aromatic carbocycles. The fraction of sp³-hybridized carbons (Fsp3) is 0.444. The van der Waals surface area contributed by atoms with Gasteiger partial charge in [-0.15, -0.1) is 11.6 Å². The predicted octanol–water partition coefficient (Wildman–Crippen LogP) is 3.95. The Morgan fingerprint density at radius 3 is 2.46 bits per heavy atom. The molecule has 0 saturated heterocycles. The molecule has 0 radical (unpaired) electrons. The molecular weight excluding hydrogens is 317 g/mol. The molecule has 1 nitrogen and oxygen atoms in total. The van der Waals surface area contributed by atoms with Crippen LogP contribution >= 0.6 is 43.5 Å². The third-order valence-electron chi connectivity index (χ3n) is 2.38. The van der Waals surface area contributed by atoms with Crippen molar-refractivity contribution in [3.8, 4) is 0 Å². The van der Waals surface area contributed by atoms with Gasteiger partial charge < -0.3 is 0 Å². The predicted molar refractivity (Wildman–Crippen MR) is 61.2 cm³/mol. The van der Waals surface area contributed by atoms with E-state index in [1.807, 2.05) is 12.4 Å². The minimum Gasteiger partial charge on any atom is -0.262 e. The molecule has 1 saturated carbocycles. The summed E-state index contributed by atoms with van der Waals surface area (Å²) >= 11 is 12.8. The van der Waals surface area contributed by atoms with Crippen molar-refractivity contribution in [3.63, 3.8) is 0 Å². The minimum atomic E-state index is 0.615. The highest BCUT2D eigenvalue weighted by atomic mass is 79.9. The van der Waals surface area contributed by atoms with Crippen LogP contribution in [0.2, 0.25) is 0 Å². The molecule has 0 spiro atoms. The summed E-state index contributed by atoms with van der Waals surface area (Å²) in [6.07, 6.45) is 4.87. The van der Waals surface area contributed by atoms with Crippen molar-refractivity contribution >= 4 is 43.5 Å². The van der Waals surface area contributed by atoms with Gasteiger partial charge in [0.05, 0.1) is 0 Å². The maximum atomic E-state index is 5.80. The average molecular weight is 325 g/mol. The summed E-state index contributed by atoms with van der Waals surface area (Å²) in [5, 5.41) is 0. The molecule has 1 fully saturated rings. The molecular formula is C9H8Br2ClN. The zero-order valence-electron chi connectivity index (χ0n) is 6.80. The van der Waals surface area contributed by atoms with Crippen LogP contribution in [-0.2, 0) is 0 Å². The van der Waals surface area contributed by atoms with Crippen LogP contribution in [0.15, 0.2) is 21.3 Å². The van der Waals surface area contributed by atoms with Crippen LogP contribution in [0.25, 0.3) is 0 Å². The second kappa shape index (κ2) is 3.87. The van der Waals surface area contributed by atoms with Gasteiger partial charge in [-0.2, -0.15) is 0 Å².